The summed E-state index contributed by atoms with van der Waals surface area (Å²) in [6.07, 6.45) is 1.22. The first-order valence-electron chi connectivity index (χ1n) is 4.58. The van der Waals surface area contributed by atoms with E-state index in [-0.39, 0.29) is 12.5 Å². The van der Waals surface area contributed by atoms with Crippen molar-refractivity contribution in [2.24, 2.45) is 0 Å². The number of amides is 1. The van der Waals surface area contributed by atoms with Gasteiger partial charge in [0.15, 0.2) is 5.82 Å². The Bertz CT molecular complexity index is 485. The molecule has 0 radical (unpaired) electrons. The van der Waals surface area contributed by atoms with E-state index in [9.17, 15) is 4.79 Å². The fraction of sp³-hybridized carbons (Fsp3) is 0.100. The summed E-state index contributed by atoms with van der Waals surface area (Å²) in [6.45, 7) is 0.242. The van der Waals surface area contributed by atoms with Crippen molar-refractivity contribution in [3.63, 3.8) is 0 Å². The van der Waals surface area contributed by atoms with Crippen LogP contribution in [0.1, 0.15) is 16.2 Å². The van der Waals surface area contributed by atoms with E-state index in [2.05, 4.69) is 32.6 Å². The largest absolute Gasteiger partial charge is 0.345 e. The molecule has 1 aromatic heterocycles. The van der Waals surface area contributed by atoms with Gasteiger partial charge in [-0.25, -0.2) is 0 Å². The van der Waals surface area contributed by atoms with Crippen molar-refractivity contribution in [2.45, 2.75) is 11.4 Å². The Labute approximate surface area is 97.3 Å². The molecule has 5 nitrogen and oxygen atoms in total. The number of carbonyl (C=O) groups excluding carboxylic acids is 1. The maximum atomic E-state index is 11.7. The second-order valence-corrected chi connectivity index (χ2v) is 3.60. The van der Waals surface area contributed by atoms with Crippen LogP contribution in [0.2, 0.25) is 0 Å². The second kappa shape index (κ2) is 4.80. The molecule has 1 amide bonds. The van der Waals surface area contributed by atoms with Crippen LogP contribution >= 0.6 is 12.6 Å². The lowest BCUT2D eigenvalue weighted by Crippen LogP contribution is -2.23. The van der Waals surface area contributed by atoms with Crippen LogP contribution in [0.15, 0.2) is 40.1 Å². The van der Waals surface area contributed by atoms with Crippen molar-refractivity contribution in [2.75, 3.05) is 0 Å². The Kier molecular flexibility index (Phi) is 3.21. The van der Waals surface area contributed by atoms with Gasteiger partial charge in [-0.3, -0.25) is 4.79 Å². The number of benzene rings is 1. The van der Waals surface area contributed by atoms with Crippen molar-refractivity contribution < 1.29 is 9.32 Å². The maximum absolute atomic E-state index is 11.7. The van der Waals surface area contributed by atoms with Gasteiger partial charge in [-0.2, -0.15) is 4.98 Å². The quantitative estimate of drug-likeness (QED) is 0.786. The molecule has 1 aromatic carbocycles. The molecule has 1 N–H and O–H groups in total. The van der Waals surface area contributed by atoms with Crippen LogP contribution in [-0.4, -0.2) is 16.0 Å². The van der Waals surface area contributed by atoms with Crippen molar-refractivity contribution >= 4 is 18.5 Å². The minimum Gasteiger partial charge on any atom is -0.345 e. The van der Waals surface area contributed by atoms with E-state index in [1.165, 1.54) is 6.39 Å². The molecule has 0 spiro atoms. The molecular formula is C10H9N3O2S. The number of aromatic nitrogens is 2. The molecule has 6 heteroatoms. The molecular weight excluding hydrogens is 226 g/mol. The summed E-state index contributed by atoms with van der Waals surface area (Å²) < 4.78 is 4.55. The summed E-state index contributed by atoms with van der Waals surface area (Å²) in [7, 11) is 0. The number of nitrogens with zero attached hydrogens (tertiary/aromatic N) is 2. The van der Waals surface area contributed by atoms with E-state index < -0.39 is 0 Å². The van der Waals surface area contributed by atoms with E-state index in [4.69, 9.17) is 0 Å². The van der Waals surface area contributed by atoms with Gasteiger partial charge in [0.2, 0.25) is 6.39 Å². The highest BCUT2D eigenvalue weighted by Crippen LogP contribution is 2.08. The molecule has 16 heavy (non-hydrogen) atoms. The molecule has 0 bridgehead atoms. The van der Waals surface area contributed by atoms with E-state index in [1.807, 2.05) is 0 Å². The smallest absolute Gasteiger partial charge is 0.251 e. The zero-order chi connectivity index (χ0) is 11.4. The van der Waals surface area contributed by atoms with Gasteiger partial charge in [-0.05, 0) is 18.2 Å². The van der Waals surface area contributed by atoms with E-state index in [0.29, 0.717) is 11.4 Å². The minimum absolute atomic E-state index is 0.194. The van der Waals surface area contributed by atoms with Gasteiger partial charge >= 0.3 is 0 Å². The highest BCUT2D eigenvalue weighted by Gasteiger charge is 2.06. The van der Waals surface area contributed by atoms with Gasteiger partial charge in [0, 0.05) is 10.5 Å². The molecule has 1 heterocycles. The fourth-order valence-corrected chi connectivity index (χ4v) is 1.40. The van der Waals surface area contributed by atoms with E-state index >= 15 is 0 Å². The molecule has 0 atom stereocenters. The lowest BCUT2D eigenvalue weighted by molar-refractivity contribution is 0.0949. The molecule has 0 saturated heterocycles. The first-order valence-corrected chi connectivity index (χ1v) is 5.03. The van der Waals surface area contributed by atoms with Crippen LogP contribution in [0, 0.1) is 0 Å². The van der Waals surface area contributed by atoms with Gasteiger partial charge in [0.25, 0.3) is 5.91 Å². The number of hydrogen-bond donors (Lipinski definition) is 2. The zero-order valence-corrected chi connectivity index (χ0v) is 9.15. The average Bonchev–Trinajstić information content (AvgIpc) is 2.78. The standard InChI is InChI=1S/C10H9N3O2S/c14-10(7-2-1-3-8(16)4-7)11-5-9-12-6-15-13-9/h1-4,6,16H,5H2,(H,11,14). The third kappa shape index (κ3) is 2.60. The molecule has 82 valence electrons. The Morgan fingerprint density at radius 3 is 3.06 bits per heavy atom. The normalized spacial score (nSPS) is 10.1. The predicted molar refractivity (Wildman–Crippen MR) is 59.2 cm³/mol. The maximum Gasteiger partial charge on any atom is 0.251 e. The SMILES string of the molecule is O=C(NCc1ncon1)c1cccc(S)c1. The van der Waals surface area contributed by atoms with Crippen LogP contribution in [0.4, 0.5) is 0 Å². The van der Waals surface area contributed by atoms with Crippen molar-refractivity contribution in [1.82, 2.24) is 15.5 Å². The topological polar surface area (TPSA) is 68.0 Å². The highest BCUT2D eigenvalue weighted by molar-refractivity contribution is 7.80. The van der Waals surface area contributed by atoms with Crippen LogP contribution in [0.25, 0.3) is 0 Å². The summed E-state index contributed by atoms with van der Waals surface area (Å²) in [5.41, 5.74) is 0.552. The van der Waals surface area contributed by atoms with Crippen LogP contribution < -0.4 is 5.32 Å². The minimum atomic E-state index is -0.194. The molecule has 0 aliphatic heterocycles. The van der Waals surface area contributed by atoms with Crippen molar-refractivity contribution in [3.05, 3.63) is 42.0 Å². The summed E-state index contributed by atoms with van der Waals surface area (Å²) >= 11 is 4.16. The molecule has 2 aromatic rings. The van der Waals surface area contributed by atoms with E-state index in [0.717, 1.165) is 4.90 Å². The van der Waals surface area contributed by atoms with Gasteiger partial charge in [-0.15, -0.1) is 12.6 Å². The number of rotatable bonds is 3. The zero-order valence-electron chi connectivity index (χ0n) is 8.25. The Hall–Kier alpha value is -1.82. The van der Waals surface area contributed by atoms with Crippen molar-refractivity contribution in [1.29, 1.82) is 0 Å². The van der Waals surface area contributed by atoms with Crippen LogP contribution in [0.5, 0.6) is 0 Å². The lowest BCUT2D eigenvalue weighted by Gasteiger charge is -2.02. The Morgan fingerprint density at radius 2 is 2.38 bits per heavy atom. The van der Waals surface area contributed by atoms with Gasteiger partial charge < -0.3 is 9.84 Å². The monoisotopic (exact) mass is 235 g/mol. The summed E-state index contributed by atoms with van der Waals surface area (Å²) in [4.78, 5) is 16.2. The Balaban J connectivity index is 1.98. The molecule has 2 rings (SSSR count). The summed E-state index contributed by atoms with van der Waals surface area (Å²) in [6, 6.07) is 6.98. The van der Waals surface area contributed by atoms with Gasteiger partial charge in [0.05, 0.1) is 6.54 Å². The first-order chi connectivity index (χ1) is 7.75. The third-order valence-electron chi connectivity index (χ3n) is 1.92. The van der Waals surface area contributed by atoms with Gasteiger partial charge in [0.1, 0.15) is 0 Å². The van der Waals surface area contributed by atoms with Crippen LogP contribution in [-0.2, 0) is 6.54 Å². The second-order valence-electron chi connectivity index (χ2n) is 3.08. The molecule has 0 saturated carbocycles. The predicted octanol–water partition coefficient (Wildman–Crippen LogP) is 1.29. The molecule has 0 aliphatic rings. The molecule has 0 unspecified atom stereocenters. The summed E-state index contributed by atoms with van der Waals surface area (Å²) in [5, 5.41) is 6.25. The van der Waals surface area contributed by atoms with Gasteiger partial charge in [-0.1, -0.05) is 11.2 Å². The number of carbonyl (C=O) groups is 1. The lowest BCUT2D eigenvalue weighted by atomic mass is 10.2. The number of hydrogen-bond acceptors (Lipinski definition) is 5. The first kappa shape index (κ1) is 10.7. The number of thiol groups is 1. The molecule has 0 fully saturated rings. The highest BCUT2D eigenvalue weighted by atomic mass is 32.1. The fourth-order valence-electron chi connectivity index (χ4n) is 1.18. The third-order valence-corrected chi connectivity index (χ3v) is 2.20. The number of nitrogens with one attached hydrogen (secondary N) is 1. The average molecular weight is 235 g/mol. The van der Waals surface area contributed by atoms with E-state index in [1.54, 1.807) is 24.3 Å². The molecule has 0 aliphatic carbocycles. The Morgan fingerprint density at radius 1 is 1.50 bits per heavy atom. The summed E-state index contributed by atoms with van der Waals surface area (Å²) in [5.74, 6) is 0.246. The van der Waals surface area contributed by atoms with Crippen LogP contribution in [0.3, 0.4) is 0 Å². The van der Waals surface area contributed by atoms with Crippen molar-refractivity contribution in [3.8, 4) is 0 Å².